The molecule has 1 aliphatic rings. The highest BCUT2D eigenvalue weighted by Crippen LogP contribution is 2.36. The molecule has 0 aliphatic carbocycles. The van der Waals surface area contributed by atoms with Gasteiger partial charge in [0.05, 0.1) is 12.2 Å². The first-order valence-electron chi connectivity index (χ1n) is 8.70. The van der Waals surface area contributed by atoms with Crippen molar-refractivity contribution in [3.05, 3.63) is 58.9 Å². The summed E-state index contributed by atoms with van der Waals surface area (Å²) < 4.78 is 18.9. The molecule has 5 nitrogen and oxygen atoms in total. The lowest BCUT2D eigenvalue weighted by molar-refractivity contribution is -0.125. The first-order chi connectivity index (χ1) is 12.9. The molecule has 1 atom stereocenters. The molecule has 7 heteroatoms. The molecule has 0 fully saturated rings. The molecule has 2 aromatic rings. The van der Waals surface area contributed by atoms with Crippen molar-refractivity contribution in [3.8, 4) is 5.75 Å². The standard InChI is InChI=1S/C20H20ClFN2O3/c1-13-12-24(17-10-15(21)5-6-18(17)27-13)20(26)8-7-19(25)23-11-14-3-2-4-16(22)9-14/h2-6,9-10,13H,7-8,11-12H2,1H3,(H,23,25). The second-order valence-electron chi connectivity index (χ2n) is 6.45. The number of fused-ring (bicyclic) bond motifs is 1. The highest BCUT2D eigenvalue weighted by molar-refractivity contribution is 6.31. The molecule has 1 aliphatic heterocycles. The van der Waals surface area contributed by atoms with Gasteiger partial charge in [-0.1, -0.05) is 23.7 Å². The number of hydrogen-bond acceptors (Lipinski definition) is 3. The lowest BCUT2D eigenvalue weighted by Gasteiger charge is -2.33. The fourth-order valence-electron chi connectivity index (χ4n) is 2.94. The Hall–Kier alpha value is -2.60. The van der Waals surface area contributed by atoms with E-state index in [0.29, 0.717) is 28.6 Å². The molecule has 2 aromatic carbocycles. The van der Waals surface area contributed by atoms with Gasteiger partial charge in [0.15, 0.2) is 0 Å². The topological polar surface area (TPSA) is 58.6 Å². The summed E-state index contributed by atoms with van der Waals surface area (Å²) in [6.45, 7) is 2.50. The number of rotatable bonds is 5. The smallest absolute Gasteiger partial charge is 0.227 e. The van der Waals surface area contributed by atoms with Gasteiger partial charge < -0.3 is 15.0 Å². The monoisotopic (exact) mass is 390 g/mol. The van der Waals surface area contributed by atoms with Gasteiger partial charge in [0.25, 0.3) is 0 Å². The van der Waals surface area contributed by atoms with Crippen LogP contribution >= 0.6 is 11.6 Å². The third kappa shape index (κ3) is 4.98. The lowest BCUT2D eigenvalue weighted by atomic mass is 10.1. The number of nitrogens with one attached hydrogen (secondary N) is 1. The maximum Gasteiger partial charge on any atom is 0.227 e. The molecule has 0 spiro atoms. The Balaban J connectivity index is 1.56. The Morgan fingerprint density at radius 2 is 2.07 bits per heavy atom. The van der Waals surface area contributed by atoms with Gasteiger partial charge >= 0.3 is 0 Å². The molecule has 142 valence electrons. The summed E-state index contributed by atoms with van der Waals surface area (Å²) in [6.07, 6.45) is -0.0341. The summed E-state index contributed by atoms with van der Waals surface area (Å²) in [7, 11) is 0. The van der Waals surface area contributed by atoms with E-state index in [4.69, 9.17) is 16.3 Å². The van der Waals surface area contributed by atoms with Crippen molar-refractivity contribution in [3.63, 3.8) is 0 Å². The number of nitrogens with zero attached hydrogens (tertiary/aromatic N) is 1. The Morgan fingerprint density at radius 1 is 1.26 bits per heavy atom. The number of benzene rings is 2. The van der Waals surface area contributed by atoms with Crippen LogP contribution in [-0.2, 0) is 16.1 Å². The molecular formula is C20H20ClFN2O3. The fraction of sp³-hybridized carbons (Fsp3) is 0.300. The lowest BCUT2D eigenvalue weighted by Crippen LogP contribution is -2.42. The Morgan fingerprint density at radius 3 is 2.85 bits per heavy atom. The summed E-state index contributed by atoms with van der Waals surface area (Å²) in [5.74, 6) is -0.187. The van der Waals surface area contributed by atoms with Gasteiger partial charge in [0, 0.05) is 24.4 Å². The molecule has 1 N–H and O–H groups in total. The van der Waals surface area contributed by atoms with E-state index in [2.05, 4.69) is 5.32 Å². The number of carbonyl (C=O) groups excluding carboxylic acids is 2. The third-order valence-corrected chi connectivity index (χ3v) is 4.46. The van der Waals surface area contributed by atoms with Crippen LogP contribution in [0.25, 0.3) is 0 Å². The molecular weight excluding hydrogens is 371 g/mol. The summed E-state index contributed by atoms with van der Waals surface area (Å²) in [5.41, 5.74) is 1.28. The second-order valence-corrected chi connectivity index (χ2v) is 6.89. The summed E-state index contributed by atoms with van der Waals surface area (Å²) in [6, 6.07) is 11.1. The van der Waals surface area contributed by atoms with Gasteiger partial charge in [-0.15, -0.1) is 0 Å². The van der Waals surface area contributed by atoms with Crippen LogP contribution in [-0.4, -0.2) is 24.5 Å². The minimum atomic E-state index is -0.351. The van der Waals surface area contributed by atoms with Crippen molar-refractivity contribution in [1.29, 1.82) is 0 Å². The van der Waals surface area contributed by atoms with E-state index < -0.39 is 0 Å². The van der Waals surface area contributed by atoms with Crippen LogP contribution in [0, 0.1) is 5.82 Å². The van der Waals surface area contributed by atoms with E-state index >= 15 is 0 Å². The van der Waals surface area contributed by atoms with Crippen LogP contribution in [0.3, 0.4) is 0 Å². The molecule has 0 radical (unpaired) electrons. The van der Waals surface area contributed by atoms with Gasteiger partial charge in [0.1, 0.15) is 17.7 Å². The Bertz CT molecular complexity index is 859. The third-order valence-electron chi connectivity index (χ3n) is 4.23. The predicted octanol–water partition coefficient (Wildman–Crippen LogP) is 3.69. The minimum absolute atomic E-state index is 0.0514. The zero-order valence-electron chi connectivity index (χ0n) is 14.9. The number of amides is 2. The molecule has 27 heavy (non-hydrogen) atoms. The molecule has 0 aromatic heterocycles. The average molecular weight is 391 g/mol. The van der Waals surface area contributed by atoms with Crippen molar-refractivity contribution in [2.45, 2.75) is 32.4 Å². The van der Waals surface area contributed by atoms with Gasteiger partial charge in [-0.3, -0.25) is 9.59 Å². The van der Waals surface area contributed by atoms with E-state index in [1.54, 1.807) is 35.2 Å². The average Bonchev–Trinajstić information content (AvgIpc) is 2.64. The van der Waals surface area contributed by atoms with Crippen molar-refractivity contribution in [1.82, 2.24) is 5.32 Å². The summed E-state index contributed by atoms with van der Waals surface area (Å²) in [4.78, 5) is 26.3. The van der Waals surface area contributed by atoms with Crippen molar-refractivity contribution in [2.24, 2.45) is 0 Å². The maximum absolute atomic E-state index is 13.2. The molecule has 1 heterocycles. The number of carbonyl (C=O) groups is 2. The van der Waals surface area contributed by atoms with Crippen LogP contribution < -0.4 is 15.0 Å². The fourth-order valence-corrected chi connectivity index (χ4v) is 3.10. The van der Waals surface area contributed by atoms with E-state index in [-0.39, 0.29) is 43.1 Å². The van der Waals surface area contributed by atoms with Crippen LogP contribution in [0.5, 0.6) is 5.75 Å². The quantitative estimate of drug-likeness (QED) is 0.847. The van der Waals surface area contributed by atoms with Crippen molar-refractivity contribution >= 4 is 29.1 Å². The maximum atomic E-state index is 13.2. The molecule has 0 saturated carbocycles. The van der Waals surface area contributed by atoms with Gasteiger partial charge in [-0.2, -0.15) is 0 Å². The molecule has 0 saturated heterocycles. The summed E-state index contributed by atoms with van der Waals surface area (Å²) >= 11 is 6.04. The number of ether oxygens (including phenoxy) is 1. The van der Waals surface area contributed by atoms with Crippen molar-refractivity contribution < 1.29 is 18.7 Å². The van der Waals surface area contributed by atoms with E-state index in [9.17, 15) is 14.0 Å². The van der Waals surface area contributed by atoms with E-state index in [0.717, 1.165) is 0 Å². The SMILES string of the molecule is CC1CN(C(=O)CCC(=O)NCc2cccc(F)c2)c2cc(Cl)ccc2O1. The van der Waals surface area contributed by atoms with E-state index in [1.807, 2.05) is 6.92 Å². The zero-order chi connectivity index (χ0) is 19.4. The van der Waals surface area contributed by atoms with Crippen LogP contribution in [0.1, 0.15) is 25.3 Å². The Kier molecular flexibility index (Phi) is 5.96. The van der Waals surface area contributed by atoms with Gasteiger partial charge in [-0.25, -0.2) is 4.39 Å². The zero-order valence-corrected chi connectivity index (χ0v) is 15.6. The second kappa shape index (κ2) is 8.39. The van der Waals surface area contributed by atoms with E-state index in [1.165, 1.54) is 12.1 Å². The van der Waals surface area contributed by atoms with Gasteiger partial charge in [0.2, 0.25) is 11.8 Å². The first kappa shape index (κ1) is 19.2. The predicted molar refractivity (Wildman–Crippen MR) is 101 cm³/mol. The first-order valence-corrected chi connectivity index (χ1v) is 9.08. The number of hydrogen-bond donors (Lipinski definition) is 1. The molecule has 1 unspecified atom stereocenters. The molecule has 3 rings (SSSR count). The largest absolute Gasteiger partial charge is 0.487 e. The van der Waals surface area contributed by atoms with Gasteiger partial charge in [-0.05, 0) is 42.8 Å². The van der Waals surface area contributed by atoms with Crippen LogP contribution in [0.2, 0.25) is 5.02 Å². The summed E-state index contributed by atoms with van der Waals surface area (Å²) in [5, 5.41) is 3.21. The normalized spacial score (nSPS) is 15.7. The van der Waals surface area contributed by atoms with Crippen LogP contribution in [0.15, 0.2) is 42.5 Å². The number of halogens is 2. The Labute approximate surface area is 162 Å². The highest BCUT2D eigenvalue weighted by atomic mass is 35.5. The minimum Gasteiger partial charge on any atom is -0.487 e. The molecule has 0 bridgehead atoms. The highest BCUT2D eigenvalue weighted by Gasteiger charge is 2.27. The molecule has 2 amide bonds. The van der Waals surface area contributed by atoms with Crippen molar-refractivity contribution in [2.75, 3.05) is 11.4 Å². The number of anilines is 1. The van der Waals surface area contributed by atoms with Crippen LogP contribution in [0.4, 0.5) is 10.1 Å².